The van der Waals surface area contributed by atoms with Crippen molar-refractivity contribution in [2.75, 3.05) is 27.2 Å². The highest BCUT2D eigenvalue weighted by molar-refractivity contribution is 7.89. The number of sulfonamides is 1. The lowest BCUT2D eigenvalue weighted by Crippen LogP contribution is -2.31. The summed E-state index contributed by atoms with van der Waals surface area (Å²) in [6.45, 7) is 8.19. The van der Waals surface area contributed by atoms with Crippen molar-refractivity contribution in [1.82, 2.24) is 9.62 Å². The van der Waals surface area contributed by atoms with E-state index in [0.29, 0.717) is 12.3 Å². The van der Waals surface area contributed by atoms with Crippen LogP contribution in [0.5, 0.6) is 5.75 Å². The third kappa shape index (κ3) is 4.17. The van der Waals surface area contributed by atoms with Gasteiger partial charge in [-0.2, -0.15) is 4.31 Å². The van der Waals surface area contributed by atoms with Crippen LogP contribution in [0.1, 0.15) is 5.56 Å². The predicted molar refractivity (Wildman–Crippen MR) is 84.9 cm³/mol. The monoisotopic (exact) mass is 310 g/mol. The molecule has 5 nitrogen and oxygen atoms in total. The second kappa shape index (κ2) is 7.97. The first-order chi connectivity index (χ1) is 10.0. The van der Waals surface area contributed by atoms with E-state index in [1.54, 1.807) is 44.5 Å². The molecular weight excluding hydrogens is 288 g/mol. The highest BCUT2D eigenvalue weighted by Gasteiger charge is 2.23. The molecule has 0 aliphatic rings. The molecule has 21 heavy (non-hydrogen) atoms. The molecule has 1 N–H and O–H groups in total. The molecule has 1 aromatic rings. The van der Waals surface area contributed by atoms with Crippen molar-refractivity contribution in [2.24, 2.45) is 0 Å². The molecule has 0 heterocycles. The van der Waals surface area contributed by atoms with E-state index in [0.717, 1.165) is 5.56 Å². The molecule has 0 aliphatic heterocycles. The normalized spacial score (nSPS) is 11.4. The molecule has 116 valence electrons. The predicted octanol–water partition coefficient (Wildman–Crippen LogP) is 1.78. The maximum Gasteiger partial charge on any atom is 0.243 e. The van der Waals surface area contributed by atoms with Gasteiger partial charge in [0.1, 0.15) is 5.75 Å². The minimum atomic E-state index is -3.58. The molecule has 0 aliphatic carbocycles. The van der Waals surface area contributed by atoms with Crippen molar-refractivity contribution in [1.29, 1.82) is 0 Å². The van der Waals surface area contributed by atoms with Gasteiger partial charge in [0.05, 0.1) is 12.0 Å². The Balaban J connectivity index is 3.26. The highest BCUT2D eigenvalue weighted by Crippen LogP contribution is 2.24. The number of nitrogens with one attached hydrogen (secondary N) is 1. The van der Waals surface area contributed by atoms with Crippen LogP contribution in [0.15, 0.2) is 48.4 Å². The summed E-state index contributed by atoms with van der Waals surface area (Å²) < 4.78 is 31.8. The maximum atomic E-state index is 12.6. The van der Waals surface area contributed by atoms with E-state index < -0.39 is 10.0 Å². The van der Waals surface area contributed by atoms with Gasteiger partial charge in [-0.15, -0.1) is 13.2 Å². The van der Waals surface area contributed by atoms with Gasteiger partial charge in [0.25, 0.3) is 0 Å². The largest absolute Gasteiger partial charge is 0.496 e. The van der Waals surface area contributed by atoms with E-state index in [-0.39, 0.29) is 18.0 Å². The first kappa shape index (κ1) is 17.4. The van der Waals surface area contributed by atoms with Crippen LogP contribution in [0, 0.1) is 0 Å². The lowest BCUT2D eigenvalue weighted by atomic mass is 10.2. The summed E-state index contributed by atoms with van der Waals surface area (Å²) in [4.78, 5) is 0.234. The summed E-state index contributed by atoms with van der Waals surface area (Å²) in [7, 11) is -0.230. The van der Waals surface area contributed by atoms with Crippen LogP contribution < -0.4 is 10.1 Å². The van der Waals surface area contributed by atoms with Crippen molar-refractivity contribution in [3.05, 3.63) is 49.1 Å². The average Bonchev–Trinajstić information content (AvgIpc) is 2.47. The maximum absolute atomic E-state index is 12.6. The van der Waals surface area contributed by atoms with Gasteiger partial charge in [-0.05, 0) is 25.2 Å². The van der Waals surface area contributed by atoms with Crippen molar-refractivity contribution in [3.8, 4) is 5.75 Å². The molecule has 0 radical (unpaired) electrons. The molecule has 1 aromatic carbocycles. The smallest absolute Gasteiger partial charge is 0.243 e. The van der Waals surface area contributed by atoms with E-state index in [1.165, 1.54) is 4.31 Å². The number of ether oxygens (including phenoxy) is 1. The molecule has 1 rings (SSSR count). The fraction of sp³-hybridized carbons (Fsp3) is 0.333. The molecule has 6 heteroatoms. The van der Waals surface area contributed by atoms with Gasteiger partial charge in [-0.25, -0.2) is 8.42 Å². The van der Waals surface area contributed by atoms with Crippen molar-refractivity contribution >= 4 is 10.0 Å². The summed E-state index contributed by atoms with van der Waals surface area (Å²) in [5, 5.41) is 3.00. The van der Waals surface area contributed by atoms with Gasteiger partial charge in [-0.1, -0.05) is 12.2 Å². The summed E-state index contributed by atoms with van der Waals surface area (Å²) >= 11 is 0. The molecule has 0 saturated heterocycles. The Kier molecular flexibility index (Phi) is 6.61. The van der Waals surface area contributed by atoms with Crippen LogP contribution in [-0.2, 0) is 16.6 Å². The van der Waals surface area contributed by atoms with E-state index in [9.17, 15) is 8.42 Å². The van der Waals surface area contributed by atoms with Crippen LogP contribution in [0.25, 0.3) is 0 Å². The molecule has 0 aromatic heterocycles. The standard InChI is InChI=1S/C15H22N2O3S/c1-5-9-17(10-6-2)21(18,19)14-7-8-15(20-4)13(11-14)12-16-3/h5-8,11,16H,1-2,9-10,12H2,3-4H3. The van der Waals surface area contributed by atoms with Crippen LogP contribution in [0.4, 0.5) is 0 Å². The molecule has 0 fully saturated rings. The number of methoxy groups -OCH3 is 1. The minimum Gasteiger partial charge on any atom is -0.496 e. The van der Waals surface area contributed by atoms with E-state index in [1.807, 2.05) is 0 Å². The Bertz CT molecular complexity index is 587. The SMILES string of the molecule is C=CCN(CC=C)S(=O)(=O)c1ccc(OC)c(CNC)c1. The lowest BCUT2D eigenvalue weighted by molar-refractivity contribution is 0.408. The first-order valence-electron chi connectivity index (χ1n) is 6.54. The molecule has 0 unspecified atom stereocenters. The second-order valence-electron chi connectivity index (χ2n) is 4.40. The summed E-state index contributed by atoms with van der Waals surface area (Å²) in [6, 6.07) is 4.84. The van der Waals surface area contributed by atoms with Crippen LogP contribution in [-0.4, -0.2) is 40.0 Å². The quantitative estimate of drug-likeness (QED) is 0.706. The van der Waals surface area contributed by atoms with Crippen molar-refractivity contribution in [3.63, 3.8) is 0 Å². The van der Waals surface area contributed by atoms with Gasteiger partial charge in [0.2, 0.25) is 10.0 Å². The third-order valence-corrected chi connectivity index (χ3v) is 4.75. The highest BCUT2D eigenvalue weighted by atomic mass is 32.2. The number of benzene rings is 1. The van der Waals surface area contributed by atoms with Gasteiger partial charge in [0, 0.05) is 25.2 Å². The Morgan fingerprint density at radius 2 is 1.90 bits per heavy atom. The zero-order valence-corrected chi connectivity index (χ0v) is 13.3. The number of hydrogen-bond acceptors (Lipinski definition) is 4. The van der Waals surface area contributed by atoms with E-state index in [4.69, 9.17) is 4.74 Å². The topological polar surface area (TPSA) is 58.6 Å². The van der Waals surface area contributed by atoms with Gasteiger partial charge in [0.15, 0.2) is 0 Å². The Morgan fingerprint density at radius 3 is 2.38 bits per heavy atom. The zero-order chi connectivity index (χ0) is 15.9. The molecular formula is C15H22N2O3S. The summed E-state index contributed by atoms with van der Waals surface area (Å²) in [5.41, 5.74) is 0.790. The first-order valence-corrected chi connectivity index (χ1v) is 7.98. The van der Waals surface area contributed by atoms with Crippen LogP contribution in [0.3, 0.4) is 0 Å². The van der Waals surface area contributed by atoms with Crippen molar-refractivity contribution in [2.45, 2.75) is 11.4 Å². The fourth-order valence-corrected chi connectivity index (χ4v) is 3.38. The Hall–Kier alpha value is -1.63. The lowest BCUT2D eigenvalue weighted by Gasteiger charge is -2.20. The Morgan fingerprint density at radius 1 is 1.29 bits per heavy atom. The zero-order valence-electron chi connectivity index (χ0n) is 12.5. The molecule has 0 atom stereocenters. The number of hydrogen-bond donors (Lipinski definition) is 1. The van der Waals surface area contributed by atoms with Gasteiger partial charge >= 0.3 is 0 Å². The molecule has 0 spiro atoms. The number of nitrogens with zero attached hydrogens (tertiary/aromatic N) is 1. The Labute approximate surface area is 127 Å². The van der Waals surface area contributed by atoms with Gasteiger partial charge in [-0.3, -0.25) is 0 Å². The van der Waals surface area contributed by atoms with Crippen LogP contribution in [0.2, 0.25) is 0 Å². The van der Waals surface area contributed by atoms with E-state index in [2.05, 4.69) is 18.5 Å². The molecule has 0 bridgehead atoms. The minimum absolute atomic E-state index is 0.234. The molecule has 0 amide bonds. The average molecular weight is 310 g/mol. The number of rotatable bonds is 9. The third-order valence-electron chi connectivity index (χ3n) is 2.92. The van der Waals surface area contributed by atoms with E-state index >= 15 is 0 Å². The fourth-order valence-electron chi connectivity index (χ4n) is 1.95. The molecule has 0 saturated carbocycles. The second-order valence-corrected chi connectivity index (χ2v) is 6.34. The van der Waals surface area contributed by atoms with Crippen molar-refractivity contribution < 1.29 is 13.2 Å². The van der Waals surface area contributed by atoms with Crippen LogP contribution >= 0.6 is 0 Å². The van der Waals surface area contributed by atoms with Gasteiger partial charge < -0.3 is 10.1 Å². The summed E-state index contributed by atoms with van der Waals surface area (Å²) in [5.74, 6) is 0.655. The summed E-state index contributed by atoms with van der Waals surface area (Å²) in [6.07, 6.45) is 3.11.